The minimum absolute atomic E-state index is 0.109. The molecule has 142 valence electrons. The molecule has 8 nitrogen and oxygen atoms in total. The lowest BCUT2D eigenvalue weighted by molar-refractivity contribution is 0.486. The molecule has 1 aliphatic rings. The fourth-order valence-electron chi connectivity index (χ4n) is 3.19. The Morgan fingerprint density at radius 1 is 1.35 bits per heavy atom. The highest BCUT2D eigenvalue weighted by Crippen LogP contribution is 2.26. The minimum atomic E-state index is -2.96. The Morgan fingerprint density at radius 3 is 2.62 bits per heavy atom. The molecule has 1 fully saturated rings. The lowest BCUT2D eigenvalue weighted by Gasteiger charge is -2.15. The second kappa shape index (κ2) is 6.41. The SMILES string of the molecule is Cc1nn([C@H]2CCS(=O)(=O)C2)c(C)c1C=Nn1c(C(C)(C)C)n[nH]c1=S. The Balaban J connectivity index is 1.97. The molecule has 0 radical (unpaired) electrons. The summed E-state index contributed by atoms with van der Waals surface area (Å²) >= 11 is 5.28. The van der Waals surface area contributed by atoms with Crippen LogP contribution in [0.25, 0.3) is 0 Å². The number of nitrogens with one attached hydrogen (secondary N) is 1. The zero-order valence-electron chi connectivity index (χ0n) is 15.6. The molecule has 0 bridgehead atoms. The summed E-state index contributed by atoms with van der Waals surface area (Å²) in [6.07, 6.45) is 2.32. The van der Waals surface area contributed by atoms with Crippen LogP contribution in [0.5, 0.6) is 0 Å². The lowest BCUT2D eigenvalue weighted by atomic mass is 9.96. The number of nitrogens with zero attached hydrogens (tertiary/aromatic N) is 5. The molecule has 26 heavy (non-hydrogen) atoms. The molecular weight excluding hydrogens is 372 g/mol. The van der Waals surface area contributed by atoms with E-state index in [4.69, 9.17) is 12.2 Å². The Labute approximate surface area is 158 Å². The maximum Gasteiger partial charge on any atom is 0.216 e. The van der Waals surface area contributed by atoms with Crippen LogP contribution in [0.2, 0.25) is 0 Å². The van der Waals surface area contributed by atoms with Gasteiger partial charge in [0.1, 0.15) is 0 Å². The van der Waals surface area contributed by atoms with Crippen molar-refractivity contribution >= 4 is 28.3 Å². The van der Waals surface area contributed by atoms with Gasteiger partial charge in [0.05, 0.1) is 29.5 Å². The highest BCUT2D eigenvalue weighted by atomic mass is 32.2. The summed E-state index contributed by atoms with van der Waals surface area (Å²) in [5.74, 6) is 1.11. The van der Waals surface area contributed by atoms with Gasteiger partial charge in [-0.2, -0.15) is 20.0 Å². The Bertz CT molecular complexity index is 1020. The number of aromatic amines is 1. The minimum Gasteiger partial charge on any atom is -0.265 e. The fraction of sp³-hybridized carbons (Fsp3) is 0.625. The third-order valence-corrected chi connectivity index (χ3v) is 6.57. The van der Waals surface area contributed by atoms with E-state index >= 15 is 0 Å². The Hall–Kier alpha value is -1.81. The molecule has 0 aromatic carbocycles. The summed E-state index contributed by atoms with van der Waals surface area (Å²) in [7, 11) is -2.96. The number of sulfone groups is 1. The van der Waals surface area contributed by atoms with E-state index in [1.54, 1.807) is 10.9 Å². The van der Waals surface area contributed by atoms with E-state index < -0.39 is 9.84 Å². The average molecular weight is 397 g/mol. The number of H-pyrrole nitrogens is 1. The second-order valence-corrected chi connectivity index (χ2v) is 10.4. The Morgan fingerprint density at radius 2 is 2.04 bits per heavy atom. The van der Waals surface area contributed by atoms with E-state index in [2.05, 4.69) is 20.4 Å². The van der Waals surface area contributed by atoms with E-state index in [1.807, 2.05) is 39.3 Å². The second-order valence-electron chi connectivity index (χ2n) is 7.74. The first kappa shape index (κ1) is 19.0. The lowest BCUT2D eigenvalue weighted by Crippen LogP contribution is -2.17. The number of aromatic nitrogens is 5. The molecule has 10 heteroatoms. The highest BCUT2D eigenvalue weighted by Gasteiger charge is 2.31. The van der Waals surface area contributed by atoms with Gasteiger partial charge in [-0.25, -0.2) is 8.42 Å². The van der Waals surface area contributed by atoms with Gasteiger partial charge in [-0.05, 0) is 32.5 Å². The number of aryl methyl sites for hydroxylation is 1. The van der Waals surface area contributed by atoms with Crippen molar-refractivity contribution < 1.29 is 8.42 Å². The smallest absolute Gasteiger partial charge is 0.216 e. The zero-order valence-corrected chi connectivity index (χ0v) is 17.3. The van der Waals surface area contributed by atoms with Crippen LogP contribution < -0.4 is 0 Å². The molecule has 0 aliphatic carbocycles. The van der Waals surface area contributed by atoms with Gasteiger partial charge in [0, 0.05) is 16.7 Å². The molecule has 0 saturated carbocycles. The number of hydrogen-bond acceptors (Lipinski definition) is 6. The van der Waals surface area contributed by atoms with Crippen LogP contribution in [-0.2, 0) is 15.3 Å². The van der Waals surface area contributed by atoms with E-state index in [1.165, 1.54) is 0 Å². The normalized spacial score (nSPS) is 20.3. The standard InChI is InChI=1S/C16H24N6O2S2/c1-10-13(8-17-22-14(16(3,4)5)18-19-15(22)25)11(2)21(20-10)12-6-7-26(23,24)9-12/h8,12H,6-7,9H2,1-5H3,(H,19,25)/t12-/m0/s1. The van der Waals surface area contributed by atoms with Crippen LogP contribution in [0.15, 0.2) is 5.10 Å². The molecule has 2 aromatic rings. The first-order valence-corrected chi connectivity index (χ1v) is 10.7. The van der Waals surface area contributed by atoms with Crippen molar-refractivity contribution in [3.05, 3.63) is 27.5 Å². The van der Waals surface area contributed by atoms with Gasteiger partial charge in [-0.3, -0.25) is 9.78 Å². The van der Waals surface area contributed by atoms with Crippen molar-refractivity contribution in [1.29, 1.82) is 0 Å². The molecule has 0 unspecified atom stereocenters. The predicted molar refractivity (Wildman–Crippen MR) is 103 cm³/mol. The quantitative estimate of drug-likeness (QED) is 0.634. The largest absolute Gasteiger partial charge is 0.265 e. The van der Waals surface area contributed by atoms with Crippen LogP contribution in [0.4, 0.5) is 0 Å². The van der Waals surface area contributed by atoms with E-state index in [0.29, 0.717) is 11.2 Å². The fourth-order valence-corrected chi connectivity index (χ4v) is 5.06. The summed E-state index contributed by atoms with van der Waals surface area (Å²) in [6.45, 7) is 9.95. The van der Waals surface area contributed by atoms with Crippen LogP contribution in [0, 0.1) is 18.6 Å². The predicted octanol–water partition coefficient (Wildman–Crippen LogP) is 2.29. The van der Waals surface area contributed by atoms with Crippen molar-refractivity contribution in [3.8, 4) is 0 Å². The van der Waals surface area contributed by atoms with Crippen LogP contribution in [0.3, 0.4) is 0 Å². The van der Waals surface area contributed by atoms with Crippen molar-refractivity contribution in [2.45, 2.75) is 52.5 Å². The van der Waals surface area contributed by atoms with Crippen LogP contribution in [-0.4, -0.2) is 50.8 Å². The molecule has 1 saturated heterocycles. The average Bonchev–Trinajstić information content (AvgIpc) is 3.14. The van der Waals surface area contributed by atoms with Gasteiger partial charge >= 0.3 is 0 Å². The monoisotopic (exact) mass is 396 g/mol. The molecule has 3 rings (SSSR count). The van der Waals surface area contributed by atoms with Crippen molar-refractivity contribution in [2.75, 3.05) is 11.5 Å². The topological polar surface area (TPSA) is 97.9 Å². The van der Waals surface area contributed by atoms with Gasteiger partial charge in [-0.1, -0.05) is 20.8 Å². The maximum absolute atomic E-state index is 11.8. The van der Waals surface area contributed by atoms with Gasteiger partial charge in [-0.15, -0.1) is 0 Å². The molecule has 2 aromatic heterocycles. The van der Waals surface area contributed by atoms with E-state index in [-0.39, 0.29) is 23.0 Å². The van der Waals surface area contributed by atoms with Crippen LogP contribution in [0.1, 0.15) is 56.0 Å². The third-order valence-electron chi connectivity index (χ3n) is 4.56. The number of hydrogen-bond donors (Lipinski definition) is 1. The molecule has 0 amide bonds. The molecule has 1 aliphatic heterocycles. The van der Waals surface area contributed by atoms with Gasteiger partial charge in [0.25, 0.3) is 0 Å². The van der Waals surface area contributed by atoms with Gasteiger partial charge < -0.3 is 0 Å². The van der Waals surface area contributed by atoms with E-state index in [9.17, 15) is 8.42 Å². The summed E-state index contributed by atoms with van der Waals surface area (Å²) in [6, 6.07) is -0.109. The van der Waals surface area contributed by atoms with Gasteiger partial charge in [0.2, 0.25) is 4.77 Å². The summed E-state index contributed by atoms with van der Waals surface area (Å²) in [5, 5.41) is 16.1. The molecular formula is C16H24N6O2S2. The van der Waals surface area contributed by atoms with Crippen LogP contribution >= 0.6 is 12.2 Å². The van der Waals surface area contributed by atoms with Crippen molar-refractivity contribution in [2.24, 2.45) is 5.10 Å². The number of rotatable bonds is 3. The Kier molecular flexibility index (Phi) is 4.68. The van der Waals surface area contributed by atoms with E-state index in [0.717, 1.165) is 22.8 Å². The first-order chi connectivity index (χ1) is 12.0. The summed E-state index contributed by atoms with van der Waals surface area (Å²) in [5.41, 5.74) is 2.37. The molecule has 3 heterocycles. The van der Waals surface area contributed by atoms with Crippen molar-refractivity contribution in [1.82, 2.24) is 24.7 Å². The summed E-state index contributed by atoms with van der Waals surface area (Å²) < 4.78 is 27.4. The maximum atomic E-state index is 11.8. The van der Waals surface area contributed by atoms with Gasteiger partial charge in [0.15, 0.2) is 15.7 Å². The molecule has 0 spiro atoms. The first-order valence-electron chi connectivity index (χ1n) is 8.48. The zero-order chi connectivity index (χ0) is 19.3. The highest BCUT2D eigenvalue weighted by molar-refractivity contribution is 7.91. The summed E-state index contributed by atoms with van der Waals surface area (Å²) in [4.78, 5) is 0. The third kappa shape index (κ3) is 3.52. The van der Waals surface area contributed by atoms with Crippen molar-refractivity contribution in [3.63, 3.8) is 0 Å². The molecule has 1 N–H and O–H groups in total. The molecule has 1 atom stereocenters.